The molecule has 1 saturated heterocycles. The molecule has 1 fully saturated rings. The quantitative estimate of drug-likeness (QED) is 0.846. The van der Waals surface area contributed by atoms with E-state index in [2.05, 4.69) is 5.32 Å². The summed E-state index contributed by atoms with van der Waals surface area (Å²) in [6.07, 6.45) is 2.37. The largest absolute Gasteiger partial charge is 0.354 e. The summed E-state index contributed by atoms with van der Waals surface area (Å²) in [5, 5.41) is 11.7. The number of nitrogens with one attached hydrogen (secondary N) is 1. The zero-order valence-electron chi connectivity index (χ0n) is 11.4. The highest BCUT2D eigenvalue weighted by Crippen LogP contribution is 2.29. The highest BCUT2D eigenvalue weighted by atomic mass is 19.1. The van der Waals surface area contributed by atoms with Crippen LogP contribution in [0.15, 0.2) is 12.1 Å². The SMILES string of the molecule is N#Cc1cc2c(cc1F)C(=O)N([C@H]1CCCCNC1=O)C2. The summed E-state index contributed by atoms with van der Waals surface area (Å²) in [6.45, 7) is 0.874. The first kappa shape index (κ1) is 13.6. The Bertz CT molecular complexity index is 666. The van der Waals surface area contributed by atoms with Gasteiger partial charge < -0.3 is 10.2 Å². The Labute approximate surface area is 121 Å². The summed E-state index contributed by atoms with van der Waals surface area (Å²) < 4.78 is 13.7. The molecule has 5 nitrogen and oxygen atoms in total. The fourth-order valence-corrected chi connectivity index (χ4v) is 2.92. The Kier molecular flexibility index (Phi) is 3.34. The van der Waals surface area contributed by atoms with Crippen LogP contribution in [0, 0.1) is 17.1 Å². The van der Waals surface area contributed by atoms with Crippen LogP contribution >= 0.6 is 0 Å². The lowest BCUT2D eigenvalue weighted by Gasteiger charge is -2.25. The van der Waals surface area contributed by atoms with Gasteiger partial charge in [-0.2, -0.15) is 5.26 Å². The summed E-state index contributed by atoms with van der Waals surface area (Å²) in [7, 11) is 0. The van der Waals surface area contributed by atoms with Crippen LogP contribution < -0.4 is 5.32 Å². The minimum atomic E-state index is -0.697. The lowest BCUT2D eigenvalue weighted by Crippen LogP contribution is -2.45. The van der Waals surface area contributed by atoms with Crippen molar-refractivity contribution in [1.29, 1.82) is 5.26 Å². The topological polar surface area (TPSA) is 73.2 Å². The molecule has 2 amide bonds. The van der Waals surface area contributed by atoms with Gasteiger partial charge in [0, 0.05) is 18.7 Å². The number of hydrogen-bond acceptors (Lipinski definition) is 3. The third kappa shape index (κ3) is 2.25. The Morgan fingerprint density at radius 3 is 2.90 bits per heavy atom. The Balaban J connectivity index is 1.93. The van der Waals surface area contributed by atoms with Gasteiger partial charge in [0.25, 0.3) is 5.91 Å². The Hall–Kier alpha value is -2.42. The highest BCUT2D eigenvalue weighted by molar-refractivity contribution is 6.01. The summed E-state index contributed by atoms with van der Waals surface area (Å²) in [6, 6.07) is 3.76. The number of carbonyl (C=O) groups is 2. The van der Waals surface area contributed by atoms with Gasteiger partial charge >= 0.3 is 0 Å². The van der Waals surface area contributed by atoms with Gasteiger partial charge in [0.1, 0.15) is 17.9 Å². The number of hydrogen-bond donors (Lipinski definition) is 1. The van der Waals surface area contributed by atoms with E-state index in [-0.39, 0.29) is 29.5 Å². The van der Waals surface area contributed by atoms with E-state index >= 15 is 0 Å². The van der Waals surface area contributed by atoms with E-state index < -0.39 is 11.9 Å². The molecule has 2 aliphatic heterocycles. The molecule has 3 rings (SSSR count). The predicted molar refractivity (Wildman–Crippen MR) is 71.6 cm³/mol. The fourth-order valence-electron chi connectivity index (χ4n) is 2.92. The van der Waals surface area contributed by atoms with Crippen molar-refractivity contribution in [2.45, 2.75) is 31.8 Å². The zero-order valence-corrected chi connectivity index (χ0v) is 11.4. The average Bonchev–Trinajstić information content (AvgIpc) is 2.64. The molecule has 6 heteroatoms. The maximum Gasteiger partial charge on any atom is 0.255 e. The van der Waals surface area contributed by atoms with Gasteiger partial charge in [-0.05, 0) is 37.0 Å². The molecular formula is C15H14FN3O2. The Morgan fingerprint density at radius 2 is 2.14 bits per heavy atom. The summed E-state index contributed by atoms with van der Waals surface area (Å²) in [5.74, 6) is -1.19. The van der Waals surface area contributed by atoms with Crippen LogP contribution in [0.5, 0.6) is 0 Å². The molecule has 21 heavy (non-hydrogen) atoms. The van der Waals surface area contributed by atoms with Crippen LogP contribution in [0.3, 0.4) is 0 Å². The maximum atomic E-state index is 13.7. The first-order valence-electron chi connectivity index (χ1n) is 6.93. The molecule has 0 radical (unpaired) electrons. The number of halogens is 1. The van der Waals surface area contributed by atoms with E-state index in [9.17, 15) is 14.0 Å². The third-order valence-corrected chi connectivity index (χ3v) is 4.03. The molecule has 0 spiro atoms. The van der Waals surface area contributed by atoms with Gasteiger partial charge in [-0.1, -0.05) is 0 Å². The minimum absolute atomic E-state index is 0.0753. The molecule has 2 aliphatic rings. The molecule has 0 saturated carbocycles. The van der Waals surface area contributed by atoms with E-state index in [1.54, 1.807) is 6.07 Å². The zero-order chi connectivity index (χ0) is 15.0. The highest BCUT2D eigenvalue weighted by Gasteiger charge is 2.37. The first-order chi connectivity index (χ1) is 10.1. The fraction of sp³-hybridized carbons (Fsp3) is 0.400. The predicted octanol–water partition coefficient (Wildman–Crippen LogP) is 1.32. The Morgan fingerprint density at radius 1 is 1.33 bits per heavy atom. The lowest BCUT2D eigenvalue weighted by atomic mass is 10.1. The molecule has 1 N–H and O–H groups in total. The number of nitriles is 1. The van der Waals surface area contributed by atoms with Crippen LogP contribution in [-0.2, 0) is 11.3 Å². The number of fused-ring (bicyclic) bond motifs is 1. The van der Waals surface area contributed by atoms with E-state index in [0.717, 1.165) is 18.9 Å². The van der Waals surface area contributed by atoms with Gasteiger partial charge in [0.15, 0.2) is 0 Å². The monoisotopic (exact) mass is 287 g/mol. The van der Waals surface area contributed by atoms with Crippen molar-refractivity contribution in [2.75, 3.05) is 6.54 Å². The lowest BCUT2D eigenvalue weighted by molar-refractivity contribution is -0.125. The minimum Gasteiger partial charge on any atom is -0.354 e. The van der Waals surface area contributed by atoms with Crippen LogP contribution in [-0.4, -0.2) is 29.3 Å². The smallest absolute Gasteiger partial charge is 0.255 e. The van der Waals surface area contributed by atoms with Crippen molar-refractivity contribution in [3.63, 3.8) is 0 Å². The molecule has 1 aromatic carbocycles. The number of benzene rings is 1. The van der Waals surface area contributed by atoms with Crippen molar-refractivity contribution in [3.05, 3.63) is 34.6 Å². The second kappa shape index (κ2) is 5.17. The van der Waals surface area contributed by atoms with Crippen LogP contribution in [0.2, 0.25) is 0 Å². The molecule has 0 unspecified atom stereocenters. The molecule has 108 valence electrons. The van der Waals surface area contributed by atoms with Crippen molar-refractivity contribution >= 4 is 11.8 Å². The molecular weight excluding hydrogens is 273 g/mol. The molecule has 1 atom stereocenters. The van der Waals surface area contributed by atoms with Crippen LogP contribution in [0.4, 0.5) is 4.39 Å². The summed E-state index contributed by atoms with van der Waals surface area (Å²) in [4.78, 5) is 25.9. The molecule has 0 aromatic heterocycles. The number of nitrogens with zero attached hydrogens (tertiary/aromatic N) is 2. The second-order valence-electron chi connectivity index (χ2n) is 5.34. The van der Waals surface area contributed by atoms with E-state index in [0.29, 0.717) is 18.5 Å². The normalized spacial score (nSPS) is 21.5. The van der Waals surface area contributed by atoms with E-state index in [1.165, 1.54) is 11.0 Å². The summed E-state index contributed by atoms with van der Waals surface area (Å²) in [5.41, 5.74) is 0.785. The van der Waals surface area contributed by atoms with E-state index in [4.69, 9.17) is 5.26 Å². The van der Waals surface area contributed by atoms with Crippen molar-refractivity contribution < 1.29 is 14.0 Å². The number of rotatable bonds is 1. The van der Waals surface area contributed by atoms with Crippen molar-refractivity contribution in [2.24, 2.45) is 0 Å². The molecule has 1 aromatic rings. The van der Waals surface area contributed by atoms with E-state index in [1.807, 2.05) is 0 Å². The van der Waals surface area contributed by atoms with Gasteiger partial charge in [-0.3, -0.25) is 9.59 Å². The average molecular weight is 287 g/mol. The molecule has 0 bridgehead atoms. The first-order valence-corrected chi connectivity index (χ1v) is 6.93. The van der Waals surface area contributed by atoms with Gasteiger partial charge in [-0.25, -0.2) is 4.39 Å². The third-order valence-electron chi connectivity index (χ3n) is 4.03. The van der Waals surface area contributed by atoms with Gasteiger partial charge in [0.05, 0.1) is 5.56 Å². The van der Waals surface area contributed by atoms with Gasteiger partial charge in [0.2, 0.25) is 5.91 Å². The van der Waals surface area contributed by atoms with Crippen molar-refractivity contribution in [1.82, 2.24) is 10.2 Å². The summed E-state index contributed by atoms with van der Waals surface area (Å²) >= 11 is 0. The number of carbonyl (C=O) groups excluding carboxylic acids is 2. The van der Waals surface area contributed by atoms with Crippen LogP contribution in [0.1, 0.15) is 40.7 Å². The van der Waals surface area contributed by atoms with Crippen LogP contribution in [0.25, 0.3) is 0 Å². The van der Waals surface area contributed by atoms with Gasteiger partial charge in [-0.15, -0.1) is 0 Å². The molecule has 2 heterocycles. The number of amides is 2. The molecule has 0 aliphatic carbocycles. The maximum absolute atomic E-state index is 13.7. The second-order valence-corrected chi connectivity index (χ2v) is 5.34. The standard InChI is InChI=1S/C15H14FN3O2/c16-12-6-11-10(5-9(12)7-17)8-19(15(11)21)13-3-1-2-4-18-14(13)20/h5-6,13H,1-4,8H2,(H,18,20)/t13-/m0/s1. The van der Waals surface area contributed by atoms with Crippen molar-refractivity contribution in [3.8, 4) is 6.07 Å².